The molecular formula is C26H40N2O9S. The molecule has 1 aromatic rings. The minimum absolute atomic E-state index is 0.0354. The Morgan fingerprint density at radius 1 is 1.16 bits per heavy atom. The molecule has 2 amide bonds. The summed E-state index contributed by atoms with van der Waals surface area (Å²) in [7, 11) is 0.0561. The summed E-state index contributed by atoms with van der Waals surface area (Å²) in [4.78, 5) is 29.1. The standard InChI is InChI=1S/C26H40N2O9S/c1-17-8-10-19(11-9-17)38(32,33)28-13-12-20-18(14-22(35-6)36-7)15-27(24(31)37-25(2,3)4)26(20,23(28)30)21(29)16-34-5/h8-11,18,20-22,29H,12-16H2,1-7H3/t18?,20-,21-,26-/m1/s1. The SMILES string of the molecule is COC[C@@H](O)[C@@]12C(=O)N(S(=O)(=O)c3ccc(C)cc3)CC[C@@H]1C(CC(OC)OC)CN2C(=O)OC(C)(C)C. The molecule has 2 saturated heterocycles. The predicted octanol–water partition coefficient (Wildman–Crippen LogP) is 2.15. The number of aliphatic hydroxyl groups excluding tert-OH is 1. The van der Waals surface area contributed by atoms with Crippen LogP contribution >= 0.6 is 0 Å². The van der Waals surface area contributed by atoms with E-state index in [4.69, 9.17) is 18.9 Å². The monoisotopic (exact) mass is 556 g/mol. The fraction of sp³-hybridized carbons (Fsp3) is 0.692. The number of methoxy groups -OCH3 is 3. The average molecular weight is 557 g/mol. The number of amides is 2. The van der Waals surface area contributed by atoms with Crippen LogP contribution in [0.3, 0.4) is 0 Å². The summed E-state index contributed by atoms with van der Waals surface area (Å²) in [5, 5.41) is 11.5. The van der Waals surface area contributed by atoms with Gasteiger partial charge in [-0.05, 0) is 52.2 Å². The van der Waals surface area contributed by atoms with Crippen LogP contribution in [0.4, 0.5) is 4.79 Å². The van der Waals surface area contributed by atoms with Crippen molar-refractivity contribution >= 4 is 22.0 Å². The summed E-state index contributed by atoms with van der Waals surface area (Å²) in [5.74, 6) is -1.85. The number of aryl methyl sites for hydroxylation is 1. The van der Waals surface area contributed by atoms with E-state index in [1.807, 2.05) is 6.92 Å². The van der Waals surface area contributed by atoms with Crippen LogP contribution < -0.4 is 0 Å². The molecule has 214 valence electrons. The molecule has 0 saturated carbocycles. The van der Waals surface area contributed by atoms with Crippen LogP contribution in [-0.4, -0.2) is 99.3 Å². The summed E-state index contributed by atoms with van der Waals surface area (Å²) in [6, 6.07) is 6.17. The van der Waals surface area contributed by atoms with Gasteiger partial charge in [0.1, 0.15) is 11.7 Å². The number of rotatable bonds is 9. The largest absolute Gasteiger partial charge is 0.444 e. The topological polar surface area (TPSA) is 132 Å². The lowest BCUT2D eigenvalue weighted by Gasteiger charge is -2.49. The van der Waals surface area contributed by atoms with E-state index in [2.05, 4.69) is 0 Å². The van der Waals surface area contributed by atoms with Crippen molar-refractivity contribution in [2.24, 2.45) is 11.8 Å². The van der Waals surface area contributed by atoms with Crippen molar-refractivity contribution < 1.29 is 42.1 Å². The molecule has 11 nitrogen and oxygen atoms in total. The van der Waals surface area contributed by atoms with E-state index in [-0.39, 0.29) is 36.9 Å². The fourth-order valence-electron chi connectivity index (χ4n) is 5.60. The summed E-state index contributed by atoms with van der Waals surface area (Å²) < 4.78 is 49.8. The van der Waals surface area contributed by atoms with Crippen LogP contribution in [0.2, 0.25) is 0 Å². The fourth-order valence-corrected chi connectivity index (χ4v) is 7.04. The molecule has 2 aliphatic rings. The van der Waals surface area contributed by atoms with Crippen molar-refractivity contribution in [1.29, 1.82) is 0 Å². The third-order valence-electron chi connectivity index (χ3n) is 7.29. The number of sulfonamides is 1. The van der Waals surface area contributed by atoms with Crippen LogP contribution in [0.1, 0.15) is 39.2 Å². The van der Waals surface area contributed by atoms with Crippen molar-refractivity contribution in [3.8, 4) is 0 Å². The highest BCUT2D eigenvalue weighted by atomic mass is 32.2. The smallest absolute Gasteiger partial charge is 0.411 e. The molecule has 0 bridgehead atoms. The molecule has 0 spiro atoms. The second kappa shape index (κ2) is 11.5. The number of likely N-dealkylation sites (tertiary alicyclic amines) is 1. The van der Waals surface area contributed by atoms with Gasteiger partial charge in [-0.1, -0.05) is 17.7 Å². The van der Waals surface area contributed by atoms with E-state index in [1.165, 1.54) is 38.4 Å². The van der Waals surface area contributed by atoms with Gasteiger partial charge in [0.05, 0.1) is 11.5 Å². The molecule has 12 heteroatoms. The van der Waals surface area contributed by atoms with E-state index in [0.29, 0.717) is 6.42 Å². The Morgan fingerprint density at radius 2 is 1.76 bits per heavy atom. The Balaban J connectivity index is 2.16. The van der Waals surface area contributed by atoms with Gasteiger partial charge in [-0.3, -0.25) is 9.69 Å². The molecular weight excluding hydrogens is 516 g/mol. The first-order chi connectivity index (χ1) is 17.7. The van der Waals surface area contributed by atoms with Crippen molar-refractivity contribution in [3.63, 3.8) is 0 Å². The molecule has 2 heterocycles. The van der Waals surface area contributed by atoms with Gasteiger partial charge in [0.15, 0.2) is 11.8 Å². The maximum absolute atomic E-state index is 14.4. The molecule has 1 N–H and O–H groups in total. The number of fused-ring (bicyclic) bond motifs is 1. The second-order valence-corrected chi connectivity index (χ2v) is 12.7. The van der Waals surface area contributed by atoms with Crippen molar-refractivity contribution in [2.75, 3.05) is 41.0 Å². The Labute approximate surface area is 225 Å². The highest BCUT2D eigenvalue weighted by Gasteiger charge is 2.68. The number of carbonyl (C=O) groups excluding carboxylic acids is 2. The van der Waals surface area contributed by atoms with Crippen LogP contribution in [-0.2, 0) is 33.8 Å². The number of piperidine rings is 1. The summed E-state index contributed by atoms with van der Waals surface area (Å²) in [5.41, 5.74) is -1.97. The number of aliphatic hydroxyl groups is 1. The minimum atomic E-state index is -4.28. The highest BCUT2D eigenvalue weighted by Crippen LogP contribution is 2.50. The van der Waals surface area contributed by atoms with Crippen LogP contribution in [0.15, 0.2) is 29.2 Å². The summed E-state index contributed by atoms with van der Waals surface area (Å²) in [6.07, 6.45) is -2.45. The van der Waals surface area contributed by atoms with Gasteiger partial charge in [0.2, 0.25) is 0 Å². The van der Waals surface area contributed by atoms with Gasteiger partial charge in [-0.15, -0.1) is 0 Å². The first-order valence-corrected chi connectivity index (χ1v) is 14.0. The normalized spacial score (nSPS) is 25.0. The van der Waals surface area contributed by atoms with Crippen LogP contribution in [0.25, 0.3) is 0 Å². The third-order valence-corrected chi connectivity index (χ3v) is 9.08. The number of benzene rings is 1. The maximum atomic E-state index is 14.4. The Morgan fingerprint density at radius 3 is 2.29 bits per heavy atom. The van der Waals surface area contributed by atoms with E-state index in [9.17, 15) is 23.1 Å². The van der Waals surface area contributed by atoms with E-state index >= 15 is 0 Å². The maximum Gasteiger partial charge on any atom is 0.411 e. The number of nitrogens with zero attached hydrogens (tertiary/aromatic N) is 2. The predicted molar refractivity (Wildman–Crippen MR) is 138 cm³/mol. The summed E-state index contributed by atoms with van der Waals surface area (Å²) in [6.45, 7) is 6.53. The Hall–Kier alpha value is -2.25. The van der Waals surface area contributed by atoms with E-state index < -0.39 is 51.5 Å². The first kappa shape index (κ1) is 30.3. The molecule has 0 aromatic heterocycles. The van der Waals surface area contributed by atoms with Crippen LogP contribution in [0, 0.1) is 18.8 Å². The molecule has 4 atom stereocenters. The van der Waals surface area contributed by atoms with Gasteiger partial charge in [-0.25, -0.2) is 17.5 Å². The first-order valence-electron chi connectivity index (χ1n) is 12.6. The third kappa shape index (κ3) is 5.55. The Bertz CT molecular complexity index is 1100. The highest BCUT2D eigenvalue weighted by molar-refractivity contribution is 7.89. The second-order valence-electron chi connectivity index (χ2n) is 10.9. The van der Waals surface area contributed by atoms with Gasteiger partial charge < -0.3 is 24.1 Å². The quantitative estimate of drug-likeness (QED) is 0.455. The van der Waals surface area contributed by atoms with E-state index in [1.54, 1.807) is 32.9 Å². The van der Waals surface area contributed by atoms with Gasteiger partial charge in [0, 0.05) is 46.8 Å². The van der Waals surface area contributed by atoms with Crippen molar-refractivity contribution in [2.45, 2.75) is 69.0 Å². The number of ether oxygens (including phenoxy) is 4. The zero-order valence-electron chi connectivity index (χ0n) is 23.2. The lowest BCUT2D eigenvalue weighted by Crippen LogP contribution is -2.71. The lowest BCUT2D eigenvalue weighted by molar-refractivity contribution is -0.159. The van der Waals surface area contributed by atoms with Crippen molar-refractivity contribution in [3.05, 3.63) is 29.8 Å². The van der Waals surface area contributed by atoms with Gasteiger partial charge in [-0.2, -0.15) is 0 Å². The minimum Gasteiger partial charge on any atom is -0.444 e. The molecule has 0 aliphatic carbocycles. The van der Waals surface area contributed by atoms with Gasteiger partial charge >= 0.3 is 6.09 Å². The van der Waals surface area contributed by atoms with Crippen LogP contribution in [0.5, 0.6) is 0 Å². The van der Waals surface area contributed by atoms with Gasteiger partial charge in [0.25, 0.3) is 15.9 Å². The summed E-state index contributed by atoms with van der Waals surface area (Å²) >= 11 is 0. The molecule has 2 aliphatic heterocycles. The molecule has 2 fully saturated rings. The van der Waals surface area contributed by atoms with Crippen molar-refractivity contribution in [1.82, 2.24) is 9.21 Å². The molecule has 1 unspecified atom stereocenters. The molecule has 38 heavy (non-hydrogen) atoms. The lowest BCUT2D eigenvalue weighted by atomic mass is 9.70. The molecule has 0 radical (unpaired) electrons. The zero-order chi connectivity index (χ0) is 28.5. The molecule has 3 rings (SSSR count). The Kier molecular flexibility index (Phi) is 9.14. The number of carbonyl (C=O) groups is 2. The zero-order valence-corrected chi connectivity index (χ0v) is 24.0. The van der Waals surface area contributed by atoms with E-state index in [0.717, 1.165) is 9.87 Å². The average Bonchev–Trinajstić information content (AvgIpc) is 3.18. The number of hydrogen-bond acceptors (Lipinski definition) is 9. The number of hydrogen-bond donors (Lipinski definition) is 1. The molecule has 1 aromatic carbocycles.